The van der Waals surface area contributed by atoms with E-state index in [1.54, 1.807) is 53.5 Å². The number of carbonyl (C=O) groups is 1. The van der Waals surface area contributed by atoms with E-state index in [9.17, 15) is 18.0 Å². The van der Waals surface area contributed by atoms with Crippen molar-refractivity contribution in [3.05, 3.63) is 78.8 Å². The first-order valence-electron chi connectivity index (χ1n) is 10.3. The third-order valence-electron chi connectivity index (χ3n) is 4.82. The van der Waals surface area contributed by atoms with Gasteiger partial charge in [-0.05, 0) is 36.4 Å². The number of nitrogens with zero attached hydrogens (tertiary/aromatic N) is 3. The summed E-state index contributed by atoms with van der Waals surface area (Å²) in [6, 6.07) is 12.6. The molecule has 4 rings (SSSR count). The fraction of sp³-hybridized carbons (Fsp3) is 0.125. The topological polar surface area (TPSA) is 90.3 Å². The molecule has 0 radical (unpaired) electrons. The number of hydrogen-bond donors (Lipinski definition) is 2. The number of halogens is 3. The summed E-state index contributed by atoms with van der Waals surface area (Å²) in [5.74, 6) is 0.629. The zero-order chi connectivity index (χ0) is 25.0. The lowest BCUT2D eigenvalue weighted by Crippen LogP contribution is -2.20. The number of aromatic nitrogens is 3. The highest BCUT2D eigenvalue weighted by Crippen LogP contribution is 2.37. The molecule has 0 aliphatic carbocycles. The minimum absolute atomic E-state index is 0.0391. The van der Waals surface area contributed by atoms with Gasteiger partial charge in [-0.15, -0.1) is 0 Å². The molecule has 2 aromatic heterocycles. The van der Waals surface area contributed by atoms with Gasteiger partial charge >= 0.3 is 12.2 Å². The van der Waals surface area contributed by atoms with Gasteiger partial charge < -0.3 is 20.1 Å². The van der Waals surface area contributed by atoms with Crippen molar-refractivity contribution in [1.82, 2.24) is 14.8 Å². The molecule has 180 valence electrons. The quantitative estimate of drug-likeness (QED) is 0.354. The molecule has 2 heterocycles. The number of anilines is 2. The Morgan fingerprint density at radius 2 is 1.74 bits per heavy atom. The van der Waals surface area contributed by atoms with Crippen LogP contribution in [0.2, 0.25) is 0 Å². The highest BCUT2D eigenvalue weighted by Gasteiger charge is 2.34. The highest BCUT2D eigenvalue weighted by atomic mass is 19.4. The first-order valence-corrected chi connectivity index (χ1v) is 10.3. The van der Waals surface area contributed by atoms with Crippen LogP contribution in [0.4, 0.5) is 29.3 Å². The maximum Gasteiger partial charge on any atom is 0.420 e. The Kier molecular flexibility index (Phi) is 6.58. The van der Waals surface area contributed by atoms with Crippen LogP contribution in [0.1, 0.15) is 5.56 Å². The van der Waals surface area contributed by atoms with Crippen molar-refractivity contribution in [3.63, 3.8) is 0 Å². The molecule has 0 unspecified atom stereocenters. The average Bonchev–Trinajstić information content (AvgIpc) is 3.25. The summed E-state index contributed by atoms with van der Waals surface area (Å²) in [4.78, 5) is 16.7. The van der Waals surface area contributed by atoms with Crippen LogP contribution in [0.3, 0.4) is 0 Å². The first kappa shape index (κ1) is 23.6. The van der Waals surface area contributed by atoms with Gasteiger partial charge in [-0.1, -0.05) is 6.07 Å². The molecular formula is C24H20F3N5O3. The summed E-state index contributed by atoms with van der Waals surface area (Å²) in [5, 5.41) is 9.09. The van der Waals surface area contributed by atoms with Crippen LogP contribution in [0.15, 0.2) is 73.2 Å². The fourth-order valence-corrected chi connectivity index (χ4v) is 3.26. The van der Waals surface area contributed by atoms with Crippen molar-refractivity contribution in [2.24, 2.45) is 7.05 Å². The third kappa shape index (κ3) is 5.88. The van der Waals surface area contributed by atoms with E-state index >= 15 is 0 Å². The monoisotopic (exact) mass is 483 g/mol. The largest absolute Gasteiger partial charge is 0.496 e. The Morgan fingerprint density at radius 1 is 1.00 bits per heavy atom. The molecule has 11 heteroatoms. The number of methoxy groups -OCH3 is 1. The molecule has 35 heavy (non-hydrogen) atoms. The van der Waals surface area contributed by atoms with Crippen molar-refractivity contribution in [2.45, 2.75) is 6.18 Å². The molecule has 0 saturated heterocycles. The fourth-order valence-electron chi connectivity index (χ4n) is 3.26. The van der Waals surface area contributed by atoms with Gasteiger partial charge in [0.05, 0.1) is 24.6 Å². The van der Waals surface area contributed by atoms with E-state index in [2.05, 4.69) is 20.7 Å². The van der Waals surface area contributed by atoms with Gasteiger partial charge in [0, 0.05) is 48.5 Å². The second-order valence-corrected chi connectivity index (χ2v) is 7.40. The Morgan fingerprint density at radius 3 is 2.43 bits per heavy atom. The minimum atomic E-state index is -4.63. The molecule has 0 aliphatic rings. The van der Waals surface area contributed by atoms with Crippen molar-refractivity contribution in [1.29, 1.82) is 0 Å². The van der Waals surface area contributed by atoms with Crippen molar-refractivity contribution in [3.8, 4) is 28.5 Å². The SMILES string of the molecule is COc1ccc(NC(=O)Nc2cccc(Oc3ccnc(-c4cnn(C)c4)c3)c2)cc1C(F)(F)F. The van der Waals surface area contributed by atoms with Crippen LogP contribution in [0.25, 0.3) is 11.3 Å². The molecule has 0 bridgehead atoms. The average molecular weight is 483 g/mol. The molecule has 2 aromatic carbocycles. The van der Waals surface area contributed by atoms with E-state index in [1.807, 2.05) is 13.2 Å². The maximum atomic E-state index is 13.2. The molecule has 4 aromatic rings. The van der Waals surface area contributed by atoms with Crippen LogP contribution < -0.4 is 20.1 Å². The summed E-state index contributed by atoms with van der Waals surface area (Å²) >= 11 is 0. The van der Waals surface area contributed by atoms with Gasteiger partial charge in [-0.3, -0.25) is 9.67 Å². The Bertz CT molecular complexity index is 1350. The van der Waals surface area contributed by atoms with E-state index in [-0.39, 0.29) is 11.4 Å². The lowest BCUT2D eigenvalue weighted by atomic mass is 10.1. The van der Waals surface area contributed by atoms with Gasteiger partial charge in [-0.2, -0.15) is 18.3 Å². The van der Waals surface area contributed by atoms with Crippen LogP contribution in [0.5, 0.6) is 17.2 Å². The molecule has 0 fully saturated rings. The summed E-state index contributed by atoms with van der Waals surface area (Å²) in [6.45, 7) is 0. The van der Waals surface area contributed by atoms with Crippen molar-refractivity contribution in [2.75, 3.05) is 17.7 Å². The number of benzene rings is 2. The van der Waals surface area contributed by atoms with Crippen LogP contribution >= 0.6 is 0 Å². The normalized spacial score (nSPS) is 11.1. The number of nitrogens with one attached hydrogen (secondary N) is 2. The van der Waals surface area contributed by atoms with Crippen molar-refractivity contribution >= 4 is 17.4 Å². The number of amides is 2. The predicted octanol–water partition coefficient (Wildman–Crippen LogP) is 5.95. The van der Waals surface area contributed by atoms with E-state index in [0.717, 1.165) is 24.8 Å². The molecule has 2 amide bonds. The Labute approximate surface area is 198 Å². The first-order chi connectivity index (χ1) is 16.7. The number of hydrogen-bond acceptors (Lipinski definition) is 5. The number of alkyl halides is 3. The lowest BCUT2D eigenvalue weighted by molar-refractivity contribution is -0.138. The second kappa shape index (κ2) is 9.75. The zero-order valence-electron chi connectivity index (χ0n) is 18.6. The van der Waals surface area contributed by atoms with E-state index < -0.39 is 17.8 Å². The molecule has 0 atom stereocenters. The van der Waals surface area contributed by atoms with Gasteiger partial charge in [0.25, 0.3) is 0 Å². The number of aryl methyl sites for hydroxylation is 1. The van der Waals surface area contributed by atoms with Crippen LogP contribution in [-0.2, 0) is 13.2 Å². The van der Waals surface area contributed by atoms with Gasteiger partial charge in [0.15, 0.2) is 0 Å². The summed E-state index contributed by atoms with van der Waals surface area (Å²) in [5.41, 5.74) is 0.865. The second-order valence-electron chi connectivity index (χ2n) is 7.40. The van der Waals surface area contributed by atoms with Gasteiger partial charge in [0.2, 0.25) is 0 Å². The molecule has 0 spiro atoms. The number of rotatable bonds is 6. The number of carbonyl (C=O) groups excluding carboxylic acids is 1. The van der Waals surface area contributed by atoms with E-state index in [4.69, 9.17) is 9.47 Å². The summed E-state index contributed by atoms with van der Waals surface area (Å²) in [7, 11) is 2.95. The van der Waals surface area contributed by atoms with Gasteiger partial charge in [-0.25, -0.2) is 4.79 Å². The Balaban J connectivity index is 1.44. The molecular weight excluding hydrogens is 463 g/mol. The summed E-state index contributed by atoms with van der Waals surface area (Å²) < 4.78 is 52.0. The standard InChI is InChI=1S/C24H20F3N5O3/c1-32-14-15(13-29-32)21-12-19(8-9-28-21)35-18-5-3-4-16(10-18)30-23(33)31-17-6-7-22(34-2)20(11-17)24(25,26)27/h3-14H,1-2H3,(H2,30,31,33). The van der Waals surface area contributed by atoms with Gasteiger partial charge in [0.1, 0.15) is 17.2 Å². The third-order valence-corrected chi connectivity index (χ3v) is 4.82. The lowest BCUT2D eigenvalue weighted by Gasteiger charge is -2.14. The predicted molar refractivity (Wildman–Crippen MR) is 124 cm³/mol. The van der Waals surface area contributed by atoms with Crippen LogP contribution in [0, 0.1) is 0 Å². The number of urea groups is 1. The molecule has 8 nitrogen and oxygen atoms in total. The number of pyridine rings is 1. The smallest absolute Gasteiger partial charge is 0.420 e. The van der Waals surface area contributed by atoms with E-state index in [0.29, 0.717) is 22.9 Å². The zero-order valence-corrected chi connectivity index (χ0v) is 18.6. The molecule has 0 aliphatic heterocycles. The van der Waals surface area contributed by atoms with Crippen molar-refractivity contribution < 1.29 is 27.4 Å². The summed E-state index contributed by atoms with van der Waals surface area (Å²) in [6.07, 6.45) is 0.498. The minimum Gasteiger partial charge on any atom is -0.496 e. The van der Waals surface area contributed by atoms with E-state index in [1.165, 1.54) is 6.07 Å². The Hall–Kier alpha value is -4.54. The van der Waals surface area contributed by atoms with Crippen LogP contribution in [-0.4, -0.2) is 27.9 Å². The molecule has 0 saturated carbocycles. The maximum absolute atomic E-state index is 13.2. The number of ether oxygens (including phenoxy) is 2. The molecule has 2 N–H and O–H groups in total. The highest BCUT2D eigenvalue weighted by molar-refractivity contribution is 6.00.